The molecule has 0 aliphatic heterocycles. The van der Waals surface area contributed by atoms with Crippen molar-refractivity contribution in [2.75, 3.05) is 13.7 Å². The van der Waals surface area contributed by atoms with E-state index in [1.807, 2.05) is 42.5 Å². The lowest BCUT2D eigenvalue weighted by Crippen LogP contribution is -2.25. The Morgan fingerprint density at radius 1 is 1.19 bits per heavy atom. The van der Waals surface area contributed by atoms with Crippen molar-refractivity contribution in [3.63, 3.8) is 0 Å². The van der Waals surface area contributed by atoms with Gasteiger partial charge in [0.25, 0.3) is 5.91 Å². The van der Waals surface area contributed by atoms with Gasteiger partial charge < -0.3 is 10.1 Å². The van der Waals surface area contributed by atoms with Crippen LogP contribution in [-0.4, -0.2) is 19.6 Å². The first-order chi connectivity index (χ1) is 10.2. The van der Waals surface area contributed by atoms with E-state index in [1.54, 1.807) is 13.2 Å². The molecule has 0 bridgehead atoms. The number of amides is 1. The normalized spacial score (nSPS) is 10.2. The van der Waals surface area contributed by atoms with Crippen LogP contribution in [-0.2, 0) is 12.3 Å². The van der Waals surface area contributed by atoms with Crippen LogP contribution in [0.4, 0.5) is 0 Å². The number of hydrogen-bond donors (Lipinski definition) is 1. The molecule has 0 aliphatic rings. The van der Waals surface area contributed by atoms with Crippen LogP contribution in [0.25, 0.3) is 0 Å². The minimum Gasteiger partial charge on any atom is -0.496 e. The quantitative estimate of drug-likeness (QED) is 0.831. The molecule has 0 fully saturated rings. The first-order valence-electron chi connectivity index (χ1n) is 6.79. The van der Waals surface area contributed by atoms with E-state index >= 15 is 0 Å². The molecule has 0 saturated heterocycles. The summed E-state index contributed by atoms with van der Waals surface area (Å²) in [5.41, 5.74) is 2.65. The predicted octanol–water partition coefficient (Wildman–Crippen LogP) is 3.41. The van der Waals surface area contributed by atoms with Gasteiger partial charge in [-0.15, -0.1) is 11.6 Å². The average molecular weight is 304 g/mol. The lowest BCUT2D eigenvalue weighted by molar-refractivity contribution is 0.0954. The Morgan fingerprint density at radius 3 is 2.76 bits per heavy atom. The number of alkyl halides is 1. The number of methoxy groups -OCH3 is 1. The first-order valence-corrected chi connectivity index (χ1v) is 7.33. The van der Waals surface area contributed by atoms with E-state index in [2.05, 4.69) is 5.32 Å². The van der Waals surface area contributed by atoms with Crippen molar-refractivity contribution in [1.82, 2.24) is 5.32 Å². The molecule has 0 heterocycles. The molecule has 0 radical (unpaired) electrons. The molecular weight excluding hydrogens is 286 g/mol. The summed E-state index contributed by atoms with van der Waals surface area (Å²) in [6, 6.07) is 15.1. The SMILES string of the molecule is COc1ccccc1CCNC(=O)c1cccc(CCl)c1. The molecule has 2 aromatic rings. The Kier molecular flexibility index (Phi) is 5.64. The molecular formula is C17H18ClNO2. The van der Waals surface area contributed by atoms with Gasteiger partial charge in [-0.05, 0) is 35.7 Å². The van der Waals surface area contributed by atoms with Crippen LogP contribution in [0.2, 0.25) is 0 Å². The van der Waals surface area contributed by atoms with E-state index in [-0.39, 0.29) is 5.91 Å². The molecule has 0 aromatic heterocycles. The van der Waals surface area contributed by atoms with Crippen LogP contribution in [0, 0.1) is 0 Å². The van der Waals surface area contributed by atoms with Crippen LogP contribution in [0.15, 0.2) is 48.5 Å². The number of carbonyl (C=O) groups is 1. The minimum absolute atomic E-state index is 0.0862. The fourth-order valence-corrected chi connectivity index (χ4v) is 2.28. The van der Waals surface area contributed by atoms with Gasteiger partial charge in [0, 0.05) is 18.0 Å². The molecule has 1 N–H and O–H groups in total. The summed E-state index contributed by atoms with van der Waals surface area (Å²) >= 11 is 5.78. The van der Waals surface area contributed by atoms with E-state index in [0.29, 0.717) is 18.0 Å². The highest BCUT2D eigenvalue weighted by Crippen LogP contribution is 2.17. The Balaban J connectivity index is 1.92. The maximum Gasteiger partial charge on any atom is 0.251 e. The maximum absolute atomic E-state index is 12.1. The second kappa shape index (κ2) is 7.70. The standard InChI is InChI=1S/C17H18ClNO2/c1-21-16-8-3-2-6-14(16)9-10-19-17(20)15-7-4-5-13(11-15)12-18/h2-8,11H,9-10,12H2,1H3,(H,19,20). The number of carbonyl (C=O) groups excluding carboxylic acids is 1. The fraction of sp³-hybridized carbons (Fsp3) is 0.235. The van der Waals surface area contributed by atoms with E-state index in [9.17, 15) is 4.79 Å². The van der Waals surface area contributed by atoms with Crippen molar-refractivity contribution in [3.05, 3.63) is 65.2 Å². The molecule has 0 aliphatic carbocycles. The van der Waals surface area contributed by atoms with E-state index in [1.165, 1.54) is 0 Å². The van der Waals surface area contributed by atoms with Gasteiger partial charge >= 0.3 is 0 Å². The maximum atomic E-state index is 12.1. The van der Waals surface area contributed by atoms with E-state index in [0.717, 1.165) is 23.3 Å². The predicted molar refractivity (Wildman–Crippen MR) is 85.0 cm³/mol. The number of benzene rings is 2. The topological polar surface area (TPSA) is 38.3 Å². The number of para-hydroxylation sites is 1. The summed E-state index contributed by atoms with van der Waals surface area (Å²) in [4.78, 5) is 12.1. The second-order valence-electron chi connectivity index (χ2n) is 4.65. The van der Waals surface area contributed by atoms with Crippen LogP contribution in [0.3, 0.4) is 0 Å². The van der Waals surface area contributed by atoms with E-state index in [4.69, 9.17) is 16.3 Å². The molecule has 4 heteroatoms. The summed E-state index contributed by atoms with van der Waals surface area (Å²) in [6.45, 7) is 0.560. The molecule has 110 valence electrons. The molecule has 3 nitrogen and oxygen atoms in total. The van der Waals surface area contributed by atoms with Gasteiger partial charge in [-0.25, -0.2) is 0 Å². The highest BCUT2D eigenvalue weighted by Gasteiger charge is 2.06. The van der Waals surface area contributed by atoms with Crippen LogP contribution < -0.4 is 10.1 Å². The Labute approximate surface area is 129 Å². The number of nitrogens with one attached hydrogen (secondary N) is 1. The van der Waals surface area contributed by atoms with Gasteiger partial charge in [0.05, 0.1) is 7.11 Å². The average Bonchev–Trinajstić information content (AvgIpc) is 2.55. The van der Waals surface area contributed by atoms with Gasteiger partial charge in [-0.2, -0.15) is 0 Å². The van der Waals surface area contributed by atoms with Crippen molar-refractivity contribution in [2.45, 2.75) is 12.3 Å². The Bertz CT molecular complexity index is 613. The molecule has 0 spiro atoms. The zero-order valence-electron chi connectivity index (χ0n) is 11.9. The van der Waals surface area contributed by atoms with Crippen LogP contribution >= 0.6 is 11.6 Å². The van der Waals surface area contributed by atoms with Crippen molar-refractivity contribution in [2.24, 2.45) is 0 Å². The molecule has 0 saturated carbocycles. The molecule has 2 aromatic carbocycles. The highest BCUT2D eigenvalue weighted by atomic mass is 35.5. The summed E-state index contributed by atoms with van der Waals surface area (Å²) < 4.78 is 5.29. The third-order valence-corrected chi connectivity index (χ3v) is 3.52. The lowest BCUT2D eigenvalue weighted by Gasteiger charge is -2.09. The third-order valence-electron chi connectivity index (χ3n) is 3.22. The van der Waals surface area contributed by atoms with Crippen molar-refractivity contribution >= 4 is 17.5 Å². The summed E-state index contributed by atoms with van der Waals surface area (Å²) in [6.07, 6.45) is 0.727. The van der Waals surface area contributed by atoms with Crippen molar-refractivity contribution in [1.29, 1.82) is 0 Å². The van der Waals surface area contributed by atoms with Crippen LogP contribution in [0.5, 0.6) is 5.75 Å². The number of hydrogen-bond acceptors (Lipinski definition) is 2. The fourth-order valence-electron chi connectivity index (χ4n) is 2.12. The summed E-state index contributed by atoms with van der Waals surface area (Å²) in [7, 11) is 1.65. The minimum atomic E-state index is -0.0862. The first kappa shape index (κ1) is 15.4. The Morgan fingerprint density at radius 2 is 2.00 bits per heavy atom. The second-order valence-corrected chi connectivity index (χ2v) is 4.92. The molecule has 0 atom stereocenters. The van der Waals surface area contributed by atoms with E-state index < -0.39 is 0 Å². The summed E-state index contributed by atoms with van der Waals surface area (Å²) in [5.74, 6) is 1.16. The van der Waals surface area contributed by atoms with Gasteiger partial charge in [-0.1, -0.05) is 30.3 Å². The zero-order chi connectivity index (χ0) is 15.1. The van der Waals surface area contributed by atoms with Crippen molar-refractivity contribution < 1.29 is 9.53 Å². The number of ether oxygens (including phenoxy) is 1. The summed E-state index contributed by atoms with van der Waals surface area (Å²) in [5, 5.41) is 2.91. The monoisotopic (exact) mass is 303 g/mol. The number of halogens is 1. The molecule has 0 unspecified atom stereocenters. The zero-order valence-corrected chi connectivity index (χ0v) is 12.7. The van der Waals surface area contributed by atoms with Gasteiger partial charge in [0.1, 0.15) is 5.75 Å². The molecule has 2 rings (SSSR count). The third kappa shape index (κ3) is 4.23. The van der Waals surface area contributed by atoms with Gasteiger partial charge in [0.2, 0.25) is 0 Å². The lowest BCUT2D eigenvalue weighted by atomic mass is 10.1. The molecule has 21 heavy (non-hydrogen) atoms. The molecule has 1 amide bonds. The Hall–Kier alpha value is -2.00. The number of rotatable bonds is 6. The van der Waals surface area contributed by atoms with Crippen molar-refractivity contribution in [3.8, 4) is 5.75 Å². The largest absolute Gasteiger partial charge is 0.496 e. The van der Waals surface area contributed by atoms with Gasteiger partial charge in [-0.3, -0.25) is 4.79 Å². The smallest absolute Gasteiger partial charge is 0.251 e. The van der Waals surface area contributed by atoms with Gasteiger partial charge in [0.15, 0.2) is 0 Å². The highest BCUT2D eigenvalue weighted by molar-refractivity contribution is 6.17. The van der Waals surface area contributed by atoms with Crippen LogP contribution in [0.1, 0.15) is 21.5 Å².